The lowest BCUT2D eigenvalue weighted by Gasteiger charge is -2.02. The molecule has 0 aliphatic heterocycles. The molecule has 5 aromatic rings. The van der Waals surface area contributed by atoms with Gasteiger partial charge in [0.15, 0.2) is 11.5 Å². The molecular weight excluding hydrogens is 374 g/mol. The van der Waals surface area contributed by atoms with Gasteiger partial charge in [0.2, 0.25) is 0 Å². The van der Waals surface area contributed by atoms with Gasteiger partial charge in [0.05, 0.1) is 22.9 Å². The number of allylic oxidation sites excluding steroid dienone is 4. The van der Waals surface area contributed by atoms with Crippen molar-refractivity contribution in [1.82, 2.24) is 35.1 Å². The first-order chi connectivity index (χ1) is 14.8. The molecule has 0 unspecified atom stereocenters. The molecule has 5 heterocycles. The third kappa shape index (κ3) is 2.63. The third-order valence-electron chi connectivity index (χ3n) is 5.32. The van der Waals surface area contributed by atoms with Gasteiger partial charge in [-0.2, -0.15) is 5.10 Å². The lowest BCUT2D eigenvalue weighted by molar-refractivity contribution is 1.10. The van der Waals surface area contributed by atoms with Crippen LogP contribution < -0.4 is 0 Å². The molecule has 6 rings (SSSR count). The van der Waals surface area contributed by atoms with Crippen molar-refractivity contribution in [2.75, 3.05) is 0 Å². The van der Waals surface area contributed by atoms with Gasteiger partial charge in [-0.05, 0) is 42.7 Å². The summed E-state index contributed by atoms with van der Waals surface area (Å²) in [6.45, 7) is 2.02. The summed E-state index contributed by atoms with van der Waals surface area (Å²) in [6.07, 6.45) is 14.7. The largest absolute Gasteiger partial charge is 0.335 e. The Labute approximate surface area is 171 Å². The normalized spacial score (nSPS) is 13.4. The van der Waals surface area contributed by atoms with Gasteiger partial charge in [0.25, 0.3) is 0 Å². The quantitative estimate of drug-likeness (QED) is 0.468. The zero-order valence-corrected chi connectivity index (χ0v) is 16.2. The fourth-order valence-electron chi connectivity index (χ4n) is 3.87. The van der Waals surface area contributed by atoms with Gasteiger partial charge in [-0.1, -0.05) is 18.2 Å². The molecule has 0 saturated heterocycles. The van der Waals surface area contributed by atoms with E-state index < -0.39 is 0 Å². The molecule has 144 valence electrons. The zero-order valence-electron chi connectivity index (χ0n) is 16.2. The first-order valence-corrected chi connectivity index (χ1v) is 9.74. The summed E-state index contributed by atoms with van der Waals surface area (Å²) in [5.74, 6) is 0.679. The Morgan fingerprint density at radius 3 is 2.90 bits per heavy atom. The van der Waals surface area contributed by atoms with Gasteiger partial charge in [0.1, 0.15) is 5.69 Å². The van der Waals surface area contributed by atoms with Gasteiger partial charge in [-0.3, -0.25) is 15.1 Å². The molecule has 0 fully saturated rings. The molecule has 5 aromatic heterocycles. The van der Waals surface area contributed by atoms with Crippen molar-refractivity contribution >= 4 is 27.6 Å². The molecule has 0 spiro atoms. The Kier molecular flexibility index (Phi) is 3.61. The van der Waals surface area contributed by atoms with E-state index in [4.69, 9.17) is 4.98 Å². The van der Waals surface area contributed by atoms with Crippen LogP contribution in [0.2, 0.25) is 0 Å². The van der Waals surface area contributed by atoms with Crippen LogP contribution in [0.3, 0.4) is 0 Å². The second kappa shape index (κ2) is 6.45. The van der Waals surface area contributed by atoms with Crippen molar-refractivity contribution in [2.24, 2.45) is 0 Å². The molecule has 0 bridgehead atoms. The summed E-state index contributed by atoms with van der Waals surface area (Å²) < 4.78 is 0. The first kappa shape index (κ1) is 16.8. The van der Waals surface area contributed by atoms with E-state index in [1.807, 2.05) is 31.5 Å². The van der Waals surface area contributed by atoms with Crippen LogP contribution >= 0.6 is 0 Å². The van der Waals surface area contributed by atoms with E-state index in [2.05, 4.69) is 54.4 Å². The number of pyridine rings is 3. The van der Waals surface area contributed by atoms with E-state index >= 15 is 0 Å². The smallest absolute Gasteiger partial charge is 0.178 e. The molecule has 0 saturated carbocycles. The van der Waals surface area contributed by atoms with Crippen molar-refractivity contribution in [1.29, 1.82) is 0 Å². The lowest BCUT2D eigenvalue weighted by Crippen LogP contribution is -1.87. The maximum Gasteiger partial charge on any atom is 0.178 e. The second-order valence-corrected chi connectivity index (χ2v) is 7.38. The summed E-state index contributed by atoms with van der Waals surface area (Å²) in [4.78, 5) is 21.5. The van der Waals surface area contributed by atoms with Crippen molar-refractivity contribution < 1.29 is 0 Å². The predicted molar refractivity (Wildman–Crippen MR) is 116 cm³/mol. The van der Waals surface area contributed by atoms with Crippen LogP contribution in [0.5, 0.6) is 0 Å². The van der Waals surface area contributed by atoms with Crippen LogP contribution in [0.4, 0.5) is 0 Å². The number of hydrogen-bond donors (Lipinski definition) is 2. The minimum absolute atomic E-state index is 0.678. The van der Waals surface area contributed by atoms with Gasteiger partial charge in [-0.15, -0.1) is 0 Å². The number of imidazole rings is 1. The molecule has 0 atom stereocenters. The number of hydrogen-bond acceptors (Lipinski definition) is 5. The van der Waals surface area contributed by atoms with Crippen molar-refractivity contribution in [3.05, 3.63) is 72.3 Å². The minimum Gasteiger partial charge on any atom is -0.335 e. The first-order valence-electron chi connectivity index (χ1n) is 9.74. The van der Waals surface area contributed by atoms with Crippen LogP contribution in [-0.4, -0.2) is 35.1 Å². The number of rotatable bonds is 3. The highest BCUT2D eigenvalue weighted by molar-refractivity contribution is 5.96. The Morgan fingerprint density at radius 2 is 2.03 bits per heavy atom. The molecule has 2 N–H and O–H groups in total. The Morgan fingerprint density at radius 1 is 1.07 bits per heavy atom. The SMILES string of the molecule is Cc1cncc(-c2cc3c(-c4nc5nccc(C6=CCC=C6)c5[nH]4)n[nH]c3cn2)c1. The molecule has 0 amide bonds. The minimum atomic E-state index is 0.678. The zero-order chi connectivity index (χ0) is 20.1. The van der Waals surface area contributed by atoms with E-state index in [-0.39, 0.29) is 0 Å². The second-order valence-electron chi connectivity index (χ2n) is 7.38. The summed E-state index contributed by atoms with van der Waals surface area (Å²) in [5, 5.41) is 8.52. The van der Waals surface area contributed by atoms with Crippen LogP contribution in [0.15, 0.2) is 61.2 Å². The van der Waals surface area contributed by atoms with Crippen LogP contribution in [0.1, 0.15) is 17.5 Å². The maximum absolute atomic E-state index is 4.72. The maximum atomic E-state index is 4.72. The number of nitrogens with one attached hydrogen (secondary N) is 2. The fourth-order valence-corrected chi connectivity index (χ4v) is 3.87. The average molecular weight is 391 g/mol. The summed E-state index contributed by atoms with van der Waals surface area (Å²) in [7, 11) is 0. The summed E-state index contributed by atoms with van der Waals surface area (Å²) >= 11 is 0. The topological polar surface area (TPSA) is 96.0 Å². The van der Waals surface area contributed by atoms with Gasteiger partial charge >= 0.3 is 0 Å². The fraction of sp³-hybridized carbons (Fsp3) is 0.0870. The van der Waals surface area contributed by atoms with E-state index in [0.717, 1.165) is 50.9 Å². The van der Waals surface area contributed by atoms with Crippen molar-refractivity contribution in [2.45, 2.75) is 13.3 Å². The van der Waals surface area contributed by atoms with Gasteiger partial charge in [-0.25, -0.2) is 9.97 Å². The molecule has 1 aliphatic rings. The molecule has 30 heavy (non-hydrogen) atoms. The molecule has 1 aliphatic carbocycles. The van der Waals surface area contributed by atoms with E-state index in [9.17, 15) is 0 Å². The lowest BCUT2D eigenvalue weighted by atomic mass is 10.1. The highest BCUT2D eigenvalue weighted by Crippen LogP contribution is 2.31. The number of aryl methyl sites for hydroxylation is 1. The Bertz CT molecular complexity index is 1490. The molecule has 7 nitrogen and oxygen atoms in total. The molecule has 7 heteroatoms. The average Bonchev–Trinajstić information content (AvgIpc) is 3.51. The van der Waals surface area contributed by atoms with Crippen molar-refractivity contribution in [3.8, 4) is 22.8 Å². The van der Waals surface area contributed by atoms with Crippen LogP contribution in [-0.2, 0) is 0 Å². The van der Waals surface area contributed by atoms with Crippen LogP contribution in [0, 0.1) is 6.92 Å². The Balaban J connectivity index is 1.51. The highest BCUT2D eigenvalue weighted by Gasteiger charge is 2.17. The molecule has 0 aromatic carbocycles. The third-order valence-corrected chi connectivity index (χ3v) is 5.32. The molecule has 0 radical (unpaired) electrons. The monoisotopic (exact) mass is 391 g/mol. The van der Waals surface area contributed by atoms with E-state index in [1.165, 1.54) is 5.57 Å². The Hall–Kier alpha value is -4.13. The van der Waals surface area contributed by atoms with Crippen LogP contribution in [0.25, 0.3) is 50.4 Å². The predicted octanol–water partition coefficient (Wildman–Crippen LogP) is 4.61. The van der Waals surface area contributed by atoms with Gasteiger partial charge in [0, 0.05) is 35.1 Å². The van der Waals surface area contributed by atoms with Crippen molar-refractivity contribution in [3.63, 3.8) is 0 Å². The number of nitrogens with zero attached hydrogens (tertiary/aromatic N) is 5. The standard InChI is InChI=1S/C23H17N7/c1-13-8-15(11-24-10-13)18-9-17-19(12-26-18)29-30-21(17)23-27-20-16(14-4-2-3-5-14)6-7-25-22(20)28-23/h2,4-12H,3H2,1H3,(H,29,30)(H,25,27,28). The van der Waals surface area contributed by atoms with E-state index in [1.54, 1.807) is 12.4 Å². The number of aromatic amines is 2. The number of fused-ring (bicyclic) bond motifs is 2. The molecular formula is C23H17N7. The highest BCUT2D eigenvalue weighted by atomic mass is 15.1. The summed E-state index contributed by atoms with van der Waals surface area (Å²) in [6, 6.07) is 6.11. The summed E-state index contributed by atoms with van der Waals surface area (Å²) in [5.41, 5.74) is 8.38. The number of H-pyrrole nitrogens is 2. The van der Waals surface area contributed by atoms with Gasteiger partial charge < -0.3 is 4.98 Å². The van der Waals surface area contributed by atoms with E-state index in [0.29, 0.717) is 11.5 Å². The number of aromatic nitrogens is 7.